The van der Waals surface area contributed by atoms with Crippen LogP contribution in [-0.4, -0.2) is 66.9 Å². The van der Waals surface area contributed by atoms with E-state index in [9.17, 15) is 41.2 Å². The highest BCUT2D eigenvalue weighted by molar-refractivity contribution is 7.86. The van der Waals surface area contributed by atoms with Gasteiger partial charge in [-0.15, -0.1) is 5.11 Å². The number of hydrogen-bond acceptors (Lipinski definition) is 13. The van der Waals surface area contributed by atoms with Gasteiger partial charge in [-0.2, -0.15) is 42.3 Å². The van der Waals surface area contributed by atoms with Crippen LogP contribution in [0.4, 0.5) is 22.7 Å². The molecule has 0 aromatic heterocycles. The quantitative estimate of drug-likeness (QED) is 0.200. The molecule has 1 aliphatic heterocycles. The molecule has 19 heteroatoms. The van der Waals surface area contributed by atoms with Crippen molar-refractivity contribution in [1.82, 2.24) is 0 Å². The Balaban J connectivity index is 1.71. The first-order valence-electron chi connectivity index (χ1n) is 11.2. The first-order valence-corrected chi connectivity index (χ1v) is 14.1. The molecule has 0 fully saturated rings. The number of benzene rings is 3. The average Bonchev–Trinajstić information content (AvgIpc) is 3.26. The molecular formula is C23H18N6O11S2. The summed E-state index contributed by atoms with van der Waals surface area (Å²) in [6, 6.07) is 9.57. The van der Waals surface area contributed by atoms with Crippen molar-refractivity contribution in [3.63, 3.8) is 0 Å². The summed E-state index contributed by atoms with van der Waals surface area (Å²) in [5, 5.41) is 38.4. The minimum Gasteiger partial charge on any atom is -0.508 e. The Morgan fingerprint density at radius 1 is 0.905 bits per heavy atom. The van der Waals surface area contributed by atoms with Crippen molar-refractivity contribution in [3.8, 4) is 11.5 Å². The van der Waals surface area contributed by atoms with Crippen molar-refractivity contribution in [2.45, 2.75) is 15.8 Å². The van der Waals surface area contributed by atoms with E-state index in [4.69, 9.17) is 9.29 Å². The molecule has 0 aliphatic carbocycles. The van der Waals surface area contributed by atoms with Crippen LogP contribution >= 0.6 is 0 Å². The summed E-state index contributed by atoms with van der Waals surface area (Å²) in [5.41, 5.74) is -1.31. The van der Waals surface area contributed by atoms with Crippen LogP contribution in [0.1, 0.15) is 0 Å². The Hall–Kier alpha value is -5.11. The van der Waals surface area contributed by atoms with E-state index in [1.807, 2.05) is 0 Å². The number of rotatable bonds is 9. The second-order valence-corrected chi connectivity index (χ2v) is 11.0. The van der Waals surface area contributed by atoms with Gasteiger partial charge < -0.3 is 14.9 Å². The Morgan fingerprint density at radius 3 is 2.10 bits per heavy atom. The van der Waals surface area contributed by atoms with Crippen LogP contribution in [0.25, 0.3) is 0 Å². The van der Waals surface area contributed by atoms with Gasteiger partial charge in [-0.25, -0.2) is 4.79 Å². The fourth-order valence-corrected chi connectivity index (χ4v) is 4.57. The van der Waals surface area contributed by atoms with Crippen LogP contribution in [-0.2, 0) is 29.8 Å². The first kappa shape index (κ1) is 29.9. The van der Waals surface area contributed by atoms with Gasteiger partial charge in [0, 0.05) is 6.07 Å². The van der Waals surface area contributed by atoms with Crippen molar-refractivity contribution >= 4 is 60.6 Å². The molecule has 0 saturated heterocycles. The summed E-state index contributed by atoms with van der Waals surface area (Å²) in [6.45, 7) is 0. The molecule has 0 saturated carbocycles. The zero-order valence-electron chi connectivity index (χ0n) is 21.0. The molecule has 1 atom stereocenters. The van der Waals surface area contributed by atoms with Gasteiger partial charge >= 0.3 is 5.97 Å². The predicted molar refractivity (Wildman–Crippen MR) is 142 cm³/mol. The molecule has 1 heterocycles. The summed E-state index contributed by atoms with van der Waals surface area (Å²) in [4.78, 5) is 23.5. The van der Waals surface area contributed by atoms with E-state index in [-0.39, 0.29) is 28.6 Å². The van der Waals surface area contributed by atoms with Crippen LogP contribution in [0.3, 0.4) is 0 Å². The number of anilines is 1. The molecule has 3 aromatic rings. The summed E-state index contributed by atoms with van der Waals surface area (Å²) in [6.07, 6.45) is 0. The van der Waals surface area contributed by atoms with Crippen molar-refractivity contribution < 1.29 is 50.5 Å². The smallest absolute Gasteiger partial charge is 0.355 e. The predicted octanol–water partition coefficient (Wildman–Crippen LogP) is 3.25. The lowest BCUT2D eigenvalue weighted by Gasteiger charge is -2.12. The molecule has 42 heavy (non-hydrogen) atoms. The van der Waals surface area contributed by atoms with Gasteiger partial charge in [0.2, 0.25) is 6.04 Å². The maximum atomic E-state index is 13.0. The van der Waals surface area contributed by atoms with Crippen molar-refractivity contribution in [2.75, 3.05) is 12.1 Å². The van der Waals surface area contributed by atoms with E-state index >= 15 is 0 Å². The van der Waals surface area contributed by atoms with E-state index in [0.717, 1.165) is 36.4 Å². The van der Waals surface area contributed by atoms with Crippen LogP contribution in [0, 0.1) is 0 Å². The third kappa shape index (κ3) is 6.44. The van der Waals surface area contributed by atoms with Crippen LogP contribution in [0.15, 0.2) is 96.0 Å². The maximum absolute atomic E-state index is 13.0. The van der Waals surface area contributed by atoms with E-state index in [1.165, 1.54) is 31.4 Å². The van der Waals surface area contributed by atoms with Crippen LogP contribution in [0.2, 0.25) is 0 Å². The number of ether oxygens (including phenoxy) is 1. The first-order chi connectivity index (χ1) is 19.7. The Labute approximate surface area is 236 Å². The number of aromatic hydroxyl groups is 1. The number of carboxylic acids is 1. The highest BCUT2D eigenvalue weighted by atomic mass is 32.2. The number of hydrogen-bond donors (Lipinski definition) is 4. The van der Waals surface area contributed by atoms with Gasteiger partial charge in [0.15, 0.2) is 5.71 Å². The normalized spacial score (nSPS) is 15.9. The van der Waals surface area contributed by atoms with E-state index in [2.05, 4.69) is 25.6 Å². The lowest BCUT2D eigenvalue weighted by molar-refractivity contribution is -0.130. The summed E-state index contributed by atoms with van der Waals surface area (Å²) in [5.74, 6) is -2.83. The molecular weight excluding hydrogens is 600 g/mol. The summed E-state index contributed by atoms with van der Waals surface area (Å²) < 4.78 is 71.0. The van der Waals surface area contributed by atoms with Crippen molar-refractivity contribution in [3.05, 3.63) is 60.7 Å². The minimum absolute atomic E-state index is 0.0232. The number of nitrogens with zero attached hydrogens (tertiary/aromatic N) is 6. The second-order valence-electron chi connectivity index (χ2n) is 8.21. The average molecular weight is 619 g/mol. The zero-order valence-corrected chi connectivity index (χ0v) is 22.6. The molecule has 218 valence electrons. The number of aliphatic carboxylic acids is 1. The highest BCUT2D eigenvalue weighted by Gasteiger charge is 2.41. The van der Waals surface area contributed by atoms with Gasteiger partial charge in [0.1, 0.15) is 27.8 Å². The van der Waals surface area contributed by atoms with Gasteiger partial charge in [0.05, 0.1) is 23.4 Å². The van der Waals surface area contributed by atoms with Gasteiger partial charge in [-0.3, -0.25) is 13.9 Å². The number of carboxylic acid groups (broad SMARTS) is 1. The third-order valence-electron chi connectivity index (χ3n) is 5.45. The number of amides is 1. The fourth-order valence-electron chi connectivity index (χ4n) is 3.47. The molecule has 4 rings (SSSR count). The fraction of sp³-hybridized carbons (Fsp3) is 0.0870. The standard InChI is InChI=1S/C23H18N6O11S2/c1-40-18-10-17(19(42(37,38)39)11-16(18)25-24-12-2-6-14(30)7-3-12)26-27-20-21(23(32)33)28-29(22(20)31)13-4-8-15(9-5-13)41(34,35)36/h2-11,20,30H,1H3,(H,32,33)(H,34,35,36)(H,37,38,39). The molecule has 4 N–H and O–H groups in total. The third-order valence-corrected chi connectivity index (χ3v) is 7.20. The number of hydrazone groups is 1. The van der Waals surface area contributed by atoms with E-state index in [0.29, 0.717) is 5.01 Å². The van der Waals surface area contributed by atoms with Gasteiger partial charge in [-0.05, 0) is 54.6 Å². The van der Waals surface area contributed by atoms with Crippen LogP contribution < -0.4 is 9.75 Å². The largest absolute Gasteiger partial charge is 0.508 e. The Bertz CT molecular complexity index is 1870. The lowest BCUT2D eigenvalue weighted by atomic mass is 10.2. The Morgan fingerprint density at radius 2 is 1.55 bits per heavy atom. The maximum Gasteiger partial charge on any atom is 0.355 e. The molecule has 17 nitrogen and oxygen atoms in total. The molecule has 1 unspecified atom stereocenters. The highest BCUT2D eigenvalue weighted by Crippen LogP contribution is 2.39. The SMILES string of the molecule is COc1cc(N=NC2C(=O)N(c3ccc(S(=O)(=O)O)cc3)N=C2C(=O)O)c(S(=O)(=O)O)cc1N=Nc1ccc(O)cc1. The topological polar surface area (TPSA) is 258 Å². The summed E-state index contributed by atoms with van der Waals surface area (Å²) in [7, 11) is -8.32. The number of phenolic OH excluding ortho intramolecular Hbond substituents is 1. The minimum atomic E-state index is -4.98. The molecule has 3 aromatic carbocycles. The van der Waals surface area contributed by atoms with E-state index < -0.39 is 59.3 Å². The number of methoxy groups -OCH3 is 1. The molecule has 1 aliphatic rings. The molecule has 0 bridgehead atoms. The number of phenols is 1. The van der Waals surface area contributed by atoms with Crippen molar-refractivity contribution in [2.24, 2.45) is 25.6 Å². The van der Waals surface area contributed by atoms with Gasteiger partial charge in [0.25, 0.3) is 26.1 Å². The number of carbonyl (C=O) groups is 2. The molecule has 0 radical (unpaired) electrons. The van der Waals surface area contributed by atoms with Crippen LogP contribution in [0.5, 0.6) is 11.5 Å². The van der Waals surface area contributed by atoms with E-state index in [1.54, 1.807) is 0 Å². The molecule has 1 amide bonds. The van der Waals surface area contributed by atoms with Gasteiger partial charge in [-0.1, -0.05) is 0 Å². The second kappa shape index (κ2) is 11.4. The monoisotopic (exact) mass is 618 g/mol. The Kier molecular flexibility index (Phi) is 8.11. The zero-order chi connectivity index (χ0) is 30.8. The lowest BCUT2D eigenvalue weighted by Crippen LogP contribution is -2.33. The molecule has 0 spiro atoms. The summed E-state index contributed by atoms with van der Waals surface area (Å²) >= 11 is 0. The number of carbonyl (C=O) groups excluding carboxylic acids is 1. The number of azo groups is 2. The van der Waals surface area contributed by atoms with Crippen molar-refractivity contribution in [1.29, 1.82) is 0 Å².